The molecule has 0 radical (unpaired) electrons. The van der Waals surface area contributed by atoms with Crippen LogP contribution in [0.4, 0.5) is 35.1 Å². The van der Waals surface area contributed by atoms with Crippen molar-refractivity contribution in [3.05, 3.63) is 66.5 Å². The minimum absolute atomic E-state index is 0.00374. The summed E-state index contributed by atoms with van der Waals surface area (Å²) in [5, 5.41) is 25.5. The fourth-order valence-electron chi connectivity index (χ4n) is 3.85. The lowest BCUT2D eigenvalue weighted by Crippen LogP contribution is -2.14. The van der Waals surface area contributed by atoms with Gasteiger partial charge in [0.2, 0.25) is 0 Å². The molecule has 2 aromatic heterocycles. The summed E-state index contributed by atoms with van der Waals surface area (Å²) in [6.45, 7) is -0.235. The molecule has 1 aliphatic carbocycles. The summed E-state index contributed by atoms with van der Waals surface area (Å²) in [6.07, 6.45) is -2.44. The Balaban J connectivity index is 1.81. The van der Waals surface area contributed by atoms with Gasteiger partial charge in [0.05, 0.1) is 5.56 Å². The molecule has 4 rings (SSSR count). The Bertz CT molecular complexity index is 1300. The molecule has 0 unspecified atom stereocenters. The number of nitrogens with one attached hydrogen (secondary N) is 1. The van der Waals surface area contributed by atoms with E-state index in [1.165, 1.54) is 0 Å². The van der Waals surface area contributed by atoms with Gasteiger partial charge in [-0.15, -0.1) is 0 Å². The summed E-state index contributed by atoms with van der Waals surface area (Å²) in [5.41, 5.74) is -0.339. The number of fused-ring (bicyclic) bond motifs is 3. The predicted octanol–water partition coefficient (Wildman–Crippen LogP) is 4.49. The van der Waals surface area contributed by atoms with Gasteiger partial charge in [-0.3, -0.25) is 0 Å². The number of aryl methyl sites for hydroxylation is 1. The zero-order chi connectivity index (χ0) is 23.9. The van der Waals surface area contributed by atoms with Gasteiger partial charge in [0.15, 0.2) is 0 Å². The first kappa shape index (κ1) is 22.2. The molecular weight excluding hydrogens is 452 g/mol. The average Bonchev–Trinajstić information content (AvgIpc) is 2.75. The van der Waals surface area contributed by atoms with Crippen molar-refractivity contribution < 1.29 is 27.4 Å². The quantitative estimate of drug-likeness (QED) is 0.330. The number of nitro groups is 2. The molecule has 3 aromatic rings. The number of halogens is 4. The van der Waals surface area contributed by atoms with Gasteiger partial charge in [-0.1, -0.05) is 0 Å². The maximum atomic E-state index is 13.7. The number of hydrogen-bond donors (Lipinski definition) is 1. The highest BCUT2D eigenvalue weighted by molar-refractivity contribution is 5.90. The summed E-state index contributed by atoms with van der Waals surface area (Å²) >= 11 is 0. The lowest BCUT2D eigenvalue weighted by molar-refractivity contribution is -0.405. The van der Waals surface area contributed by atoms with E-state index in [4.69, 9.17) is 0 Å². The molecule has 0 saturated heterocycles. The van der Waals surface area contributed by atoms with Crippen molar-refractivity contribution in [2.45, 2.75) is 38.4 Å². The van der Waals surface area contributed by atoms with Crippen LogP contribution in [0.2, 0.25) is 0 Å². The first-order chi connectivity index (χ1) is 15.5. The van der Waals surface area contributed by atoms with Crippen LogP contribution in [0.25, 0.3) is 11.0 Å². The third-order valence-electron chi connectivity index (χ3n) is 5.21. The number of rotatable bonds is 5. The van der Waals surface area contributed by atoms with Gasteiger partial charge in [-0.2, -0.15) is 18.2 Å². The number of pyridine rings is 1. The van der Waals surface area contributed by atoms with Crippen LogP contribution in [0, 0.1) is 26.0 Å². The summed E-state index contributed by atoms with van der Waals surface area (Å²) in [6, 6.07) is 2.11. The molecule has 33 heavy (non-hydrogen) atoms. The van der Waals surface area contributed by atoms with Crippen LogP contribution in [-0.2, 0) is 25.6 Å². The molecule has 172 valence electrons. The second-order valence-corrected chi connectivity index (χ2v) is 7.38. The lowest BCUT2D eigenvalue weighted by Gasteiger charge is -2.20. The van der Waals surface area contributed by atoms with E-state index in [0.29, 0.717) is 36.5 Å². The number of alkyl halides is 3. The first-order valence-electron chi connectivity index (χ1n) is 9.67. The van der Waals surface area contributed by atoms with Crippen LogP contribution >= 0.6 is 0 Å². The number of benzene rings is 1. The van der Waals surface area contributed by atoms with E-state index < -0.39 is 39.2 Å². The third-order valence-corrected chi connectivity index (χ3v) is 5.21. The molecule has 10 nitrogen and oxygen atoms in total. The van der Waals surface area contributed by atoms with Crippen LogP contribution in [0.5, 0.6) is 0 Å². The highest BCUT2D eigenvalue weighted by Crippen LogP contribution is 2.37. The van der Waals surface area contributed by atoms with E-state index in [9.17, 15) is 37.8 Å². The van der Waals surface area contributed by atoms with Crippen molar-refractivity contribution in [2.75, 3.05) is 5.32 Å². The SMILES string of the molecule is O=[N+]([O-])c1nc([N+](=O)[O-])c2c3c(c(NCc4cc(F)cc(C(F)(F)F)c4)nc2n1)CCCC3. The highest BCUT2D eigenvalue weighted by Gasteiger charge is 2.32. The number of nitrogens with zero attached hydrogens (tertiary/aromatic N) is 5. The van der Waals surface area contributed by atoms with Gasteiger partial charge in [-0.25, -0.2) is 4.39 Å². The molecule has 0 aliphatic heterocycles. The third kappa shape index (κ3) is 4.36. The number of hydrogen-bond acceptors (Lipinski definition) is 8. The Labute approximate surface area is 182 Å². The van der Waals surface area contributed by atoms with Gasteiger partial charge < -0.3 is 25.5 Å². The van der Waals surface area contributed by atoms with Crippen molar-refractivity contribution in [2.24, 2.45) is 0 Å². The van der Waals surface area contributed by atoms with Gasteiger partial charge in [0.1, 0.15) is 17.0 Å². The van der Waals surface area contributed by atoms with E-state index in [0.717, 1.165) is 18.6 Å². The van der Waals surface area contributed by atoms with Crippen LogP contribution in [0.1, 0.15) is 35.1 Å². The molecule has 0 atom stereocenters. The molecule has 1 aromatic carbocycles. The van der Waals surface area contributed by atoms with Crippen LogP contribution in [0.3, 0.4) is 0 Å². The second kappa shape index (κ2) is 8.18. The summed E-state index contributed by atoms with van der Waals surface area (Å²) in [5.74, 6) is -2.63. The maximum absolute atomic E-state index is 13.7. The van der Waals surface area contributed by atoms with Crippen LogP contribution < -0.4 is 5.32 Å². The normalized spacial score (nSPS) is 13.6. The predicted molar refractivity (Wildman–Crippen MR) is 106 cm³/mol. The highest BCUT2D eigenvalue weighted by atomic mass is 19.4. The van der Waals surface area contributed by atoms with Crippen LogP contribution in [-0.4, -0.2) is 24.8 Å². The van der Waals surface area contributed by atoms with Crippen molar-refractivity contribution in [1.82, 2.24) is 15.0 Å². The largest absolute Gasteiger partial charge is 0.511 e. The van der Waals surface area contributed by atoms with Gasteiger partial charge in [-0.05, 0) is 75.4 Å². The van der Waals surface area contributed by atoms with Gasteiger partial charge in [0, 0.05) is 11.5 Å². The Hall–Kier alpha value is -3.97. The Morgan fingerprint density at radius 2 is 1.67 bits per heavy atom. The lowest BCUT2D eigenvalue weighted by atomic mass is 9.90. The Kier molecular flexibility index (Phi) is 5.51. The topological polar surface area (TPSA) is 137 Å². The van der Waals surface area contributed by atoms with Crippen molar-refractivity contribution in [3.8, 4) is 0 Å². The van der Waals surface area contributed by atoms with Crippen molar-refractivity contribution in [3.63, 3.8) is 0 Å². The molecule has 1 aliphatic rings. The molecule has 0 bridgehead atoms. The zero-order valence-corrected chi connectivity index (χ0v) is 16.6. The van der Waals surface area contributed by atoms with Gasteiger partial charge in [0.25, 0.3) is 5.65 Å². The molecule has 0 amide bonds. The Morgan fingerprint density at radius 3 is 2.30 bits per heavy atom. The number of anilines is 1. The molecule has 0 spiro atoms. The Morgan fingerprint density at radius 1 is 0.970 bits per heavy atom. The average molecular weight is 466 g/mol. The minimum atomic E-state index is -4.73. The first-order valence-corrected chi connectivity index (χ1v) is 9.67. The molecule has 0 saturated carbocycles. The van der Waals surface area contributed by atoms with E-state index in [1.54, 1.807) is 0 Å². The fourth-order valence-corrected chi connectivity index (χ4v) is 3.85. The molecule has 1 N–H and O–H groups in total. The van der Waals surface area contributed by atoms with Crippen molar-refractivity contribution >= 4 is 28.6 Å². The monoisotopic (exact) mass is 466 g/mol. The zero-order valence-electron chi connectivity index (χ0n) is 16.6. The fraction of sp³-hybridized carbons (Fsp3) is 0.316. The number of aromatic nitrogens is 3. The van der Waals surface area contributed by atoms with Crippen LogP contribution in [0.15, 0.2) is 18.2 Å². The minimum Gasteiger partial charge on any atom is -0.389 e. The van der Waals surface area contributed by atoms with Crippen molar-refractivity contribution in [1.29, 1.82) is 0 Å². The van der Waals surface area contributed by atoms with E-state index in [1.807, 2.05) is 0 Å². The molecule has 0 fully saturated rings. The standard InChI is InChI=1S/C19H14F4N6O4/c20-11-6-9(5-10(7-11)19(21,22)23)8-24-15-13-4-2-1-3-12(13)14-16(25-15)26-18(29(32)33)27-17(14)28(30)31/h5-7H,1-4,8H2,(H,24,25,26,27). The van der Waals surface area contributed by atoms with E-state index >= 15 is 0 Å². The summed E-state index contributed by atoms with van der Waals surface area (Å²) in [4.78, 5) is 32.2. The van der Waals surface area contributed by atoms with E-state index in [-0.39, 0.29) is 29.0 Å². The van der Waals surface area contributed by atoms with Gasteiger partial charge >= 0.3 is 17.9 Å². The molecule has 14 heteroatoms. The molecular formula is C19H14F4N6O4. The van der Waals surface area contributed by atoms with E-state index in [2.05, 4.69) is 20.3 Å². The maximum Gasteiger partial charge on any atom is 0.511 e. The summed E-state index contributed by atoms with van der Waals surface area (Å²) in [7, 11) is 0. The second-order valence-electron chi connectivity index (χ2n) is 7.38. The smallest absolute Gasteiger partial charge is 0.389 e. The summed E-state index contributed by atoms with van der Waals surface area (Å²) < 4.78 is 52.7. The molecule has 2 heterocycles.